The number of fused-ring (bicyclic) bond motifs is 1. The molecule has 1 saturated carbocycles. The lowest BCUT2D eigenvalue weighted by molar-refractivity contribution is -0.384. The van der Waals surface area contributed by atoms with E-state index in [4.69, 9.17) is 0 Å². The fourth-order valence-corrected chi connectivity index (χ4v) is 5.67. The number of pyridine rings is 1. The molecule has 0 spiro atoms. The van der Waals surface area contributed by atoms with Gasteiger partial charge in [0.1, 0.15) is 17.1 Å². The zero-order valence-electron chi connectivity index (χ0n) is 24.1. The number of hydrogen-bond donors (Lipinski definition) is 2. The molecule has 2 aliphatic rings. The van der Waals surface area contributed by atoms with Crippen molar-refractivity contribution in [2.75, 3.05) is 31.1 Å². The fourth-order valence-electron chi connectivity index (χ4n) is 5.67. The molecule has 1 aromatic heterocycles. The van der Waals surface area contributed by atoms with E-state index < -0.39 is 22.1 Å². The highest BCUT2D eigenvalue weighted by Crippen LogP contribution is 2.38. The summed E-state index contributed by atoms with van der Waals surface area (Å²) in [5, 5.41) is 31.1. The first kappa shape index (κ1) is 29.7. The van der Waals surface area contributed by atoms with E-state index in [1.807, 2.05) is 4.90 Å². The Hall–Kier alpha value is -5.36. The van der Waals surface area contributed by atoms with E-state index in [0.717, 1.165) is 18.9 Å². The molecule has 6 rings (SSSR count). The van der Waals surface area contributed by atoms with Gasteiger partial charge < -0.3 is 19.7 Å². The molecular formula is C33H29FN4O7. The molecule has 3 aromatic carbocycles. The van der Waals surface area contributed by atoms with Crippen LogP contribution in [0.5, 0.6) is 5.75 Å². The number of aromatic carboxylic acids is 1. The number of nitrogens with zero attached hydrogens (tertiary/aromatic N) is 4. The average molecular weight is 613 g/mol. The number of rotatable bonds is 9. The SMILES string of the molecule is O=C(/C=C/c1cccc([N+](=O)[O-])c1)c1ccc(O)c(CN2CCN(c3cc4c(cc3F)c(=O)c(C(=O)O)cn4C3CC3)CC2)c1. The van der Waals surface area contributed by atoms with E-state index in [0.29, 0.717) is 60.6 Å². The van der Waals surface area contributed by atoms with Crippen LogP contribution in [0.4, 0.5) is 15.8 Å². The molecule has 1 saturated heterocycles. The molecule has 4 aromatic rings. The van der Waals surface area contributed by atoms with Crippen LogP contribution in [0.3, 0.4) is 0 Å². The van der Waals surface area contributed by atoms with Crippen LogP contribution < -0.4 is 10.3 Å². The van der Waals surface area contributed by atoms with Crippen LogP contribution >= 0.6 is 0 Å². The van der Waals surface area contributed by atoms with Crippen LogP contribution in [0.25, 0.3) is 17.0 Å². The predicted molar refractivity (Wildman–Crippen MR) is 165 cm³/mol. The number of anilines is 1. The first-order valence-corrected chi connectivity index (χ1v) is 14.5. The minimum Gasteiger partial charge on any atom is -0.508 e. The van der Waals surface area contributed by atoms with Gasteiger partial charge in [0, 0.05) is 73.6 Å². The van der Waals surface area contributed by atoms with Crippen molar-refractivity contribution in [1.29, 1.82) is 0 Å². The van der Waals surface area contributed by atoms with Crippen molar-refractivity contribution in [2.24, 2.45) is 0 Å². The van der Waals surface area contributed by atoms with Crippen LogP contribution in [-0.4, -0.2) is 62.5 Å². The largest absolute Gasteiger partial charge is 0.508 e. The monoisotopic (exact) mass is 612 g/mol. The van der Waals surface area contributed by atoms with Crippen molar-refractivity contribution in [3.8, 4) is 5.75 Å². The molecule has 1 aliphatic carbocycles. The number of hydrogen-bond acceptors (Lipinski definition) is 8. The van der Waals surface area contributed by atoms with Crippen molar-refractivity contribution in [1.82, 2.24) is 9.47 Å². The van der Waals surface area contributed by atoms with E-state index >= 15 is 4.39 Å². The number of non-ortho nitro benzene ring substituents is 1. The van der Waals surface area contributed by atoms with Crippen LogP contribution in [-0.2, 0) is 6.54 Å². The molecule has 12 heteroatoms. The van der Waals surface area contributed by atoms with E-state index in [9.17, 15) is 34.7 Å². The van der Waals surface area contributed by atoms with Crippen molar-refractivity contribution in [3.05, 3.63) is 115 Å². The summed E-state index contributed by atoms with van der Waals surface area (Å²) >= 11 is 0. The summed E-state index contributed by atoms with van der Waals surface area (Å²) in [6, 6.07) is 13.4. The summed E-state index contributed by atoms with van der Waals surface area (Å²) in [5.41, 5.74) is 1.12. The first-order valence-electron chi connectivity index (χ1n) is 14.5. The van der Waals surface area contributed by atoms with Crippen molar-refractivity contribution in [2.45, 2.75) is 25.4 Å². The second kappa shape index (κ2) is 12.0. The fraction of sp³-hybridized carbons (Fsp3) is 0.242. The third-order valence-electron chi connectivity index (χ3n) is 8.25. The maximum absolute atomic E-state index is 15.4. The molecule has 1 aliphatic heterocycles. The molecule has 0 bridgehead atoms. The number of ketones is 1. The number of carbonyl (C=O) groups is 2. The standard InChI is InChI=1S/C33H29FN4O7/c34-27-16-25-28(37(23-6-7-23)19-26(32(25)41)33(42)43)17-29(27)36-12-10-35(11-13-36)18-22-15-21(5-9-31(22)40)30(39)8-4-20-2-1-3-24(14-20)38(44)45/h1-5,8-9,14-17,19,23,40H,6-7,10-13,18H2,(H,42,43)/b8-4+. The topological polar surface area (TPSA) is 146 Å². The molecule has 45 heavy (non-hydrogen) atoms. The molecule has 230 valence electrons. The second-order valence-corrected chi connectivity index (χ2v) is 11.3. The number of allylic oxidation sites excluding steroid dienone is 1. The van der Waals surface area contributed by atoms with Gasteiger partial charge in [0.05, 0.1) is 16.1 Å². The number of benzene rings is 3. The number of aromatic nitrogens is 1. The van der Waals surface area contributed by atoms with Crippen LogP contribution in [0, 0.1) is 15.9 Å². The number of phenols is 1. The van der Waals surface area contributed by atoms with Gasteiger partial charge in [-0.15, -0.1) is 0 Å². The smallest absolute Gasteiger partial charge is 0.341 e. The quantitative estimate of drug-likeness (QED) is 0.115. The molecule has 2 N–H and O–H groups in total. The van der Waals surface area contributed by atoms with E-state index in [1.54, 1.807) is 28.8 Å². The molecule has 2 fully saturated rings. The van der Waals surface area contributed by atoms with Gasteiger partial charge in [-0.1, -0.05) is 18.2 Å². The van der Waals surface area contributed by atoms with E-state index in [-0.39, 0.29) is 34.2 Å². The number of halogens is 1. The highest BCUT2D eigenvalue weighted by molar-refractivity contribution is 6.07. The minimum atomic E-state index is -1.34. The highest BCUT2D eigenvalue weighted by Gasteiger charge is 2.28. The summed E-state index contributed by atoms with van der Waals surface area (Å²) < 4.78 is 17.1. The number of carboxylic acid groups (broad SMARTS) is 1. The maximum Gasteiger partial charge on any atom is 0.341 e. The number of nitro groups is 1. The second-order valence-electron chi connectivity index (χ2n) is 11.3. The average Bonchev–Trinajstić information content (AvgIpc) is 3.87. The van der Waals surface area contributed by atoms with Gasteiger partial charge in [0.25, 0.3) is 5.69 Å². The number of phenolic OH excluding ortho intramolecular Hbond substituents is 1. The molecule has 2 heterocycles. The number of nitro benzene ring substituents is 1. The zero-order valence-corrected chi connectivity index (χ0v) is 24.1. The summed E-state index contributed by atoms with van der Waals surface area (Å²) in [7, 11) is 0. The van der Waals surface area contributed by atoms with Crippen LogP contribution in [0.2, 0.25) is 0 Å². The lowest BCUT2D eigenvalue weighted by atomic mass is 10.0. The highest BCUT2D eigenvalue weighted by atomic mass is 19.1. The lowest BCUT2D eigenvalue weighted by Gasteiger charge is -2.36. The minimum absolute atomic E-state index is 0.0380. The summed E-state index contributed by atoms with van der Waals surface area (Å²) in [6.07, 6.45) is 5.91. The van der Waals surface area contributed by atoms with Gasteiger partial charge in [0.15, 0.2) is 5.78 Å². The van der Waals surface area contributed by atoms with E-state index in [1.165, 1.54) is 42.6 Å². The molecule has 0 atom stereocenters. The summed E-state index contributed by atoms with van der Waals surface area (Å²) in [6.45, 7) is 2.36. The Balaban J connectivity index is 1.15. The summed E-state index contributed by atoms with van der Waals surface area (Å²) in [4.78, 5) is 51.8. The van der Waals surface area contributed by atoms with Gasteiger partial charge in [0.2, 0.25) is 5.43 Å². The van der Waals surface area contributed by atoms with Gasteiger partial charge in [-0.2, -0.15) is 0 Å². The van der Waals surface area contributed by atoms with Gasteiger partial charge in [-0.25, -0.2) is 9.18 Å². The number of carboxylic acids is 1. The normalized spacial score (nSPS) is 15.5. The van der Waals surface area contributed by atoms with Crippen LogP contribution in [0.15, 0.2) is 71.7 Å². The molecule has 0 unspecified atom stereocenters. The first-order chi connectivity index (χ1) is 21.6. The summed E-state index contributed by atoms with van der Waals surface area (Å²) in [5.74, 6) is -2.22. The van der Waals surface area contributed by atoms with Crippen molar-refractivity contribution < 1.29 is 29.1 Å². The third-order valence-corrected chi connectivity index (χ3v) is 8.25. The Morgan fingerprint density at radius 3 is 2.49 bits per heavy atom. The molecule has 0 amide bonds. The number of carbonyl (C=O) groups excluding carboxylic acids is 1. The Labute approximate surface area is 256 Å². The van der Waals surface area contributed by atoms with Crippen LogP contribution in [0.1, 0.15) is 50.7 Å². The van der Waals surface area contributed by atoms with Crippen molar-refractivity contribution >= 4 is 40.1 Å². The zero-order chi connectivity index (χ0) is 31.8. The maximum atomic E-state index is 15.4. The Kier molecular flexibility index (Phi) is 7.90. The Morgan fingerprint density at radius 2 is 1.80 bits per heavy atom. The third kappa shape index (κ3) is 6.18. The Morgan fingerprint density at radius 1 is 1.04 bits per heavy atom. The Bertz CT molecular complexity index is 1940. The van der Waals surface area contributed by atoms with Crippen molar-refractivity contribution in [3.63, 3.8) is 0 Å². The lowest BCUT2D eigenvalue weighted by Crippen LogP contribution is -2.46. The number of aromatic hydroxyl groups is 1. The molecular weight excluding hydrogens is 583 g/mol. The van der Waals surface area contributed by atoms with Gasteiger partial charge in [-0.05, 0) is 54.8 Å². The van der Waals surface area contributed by atoms with Gasteiger partial charge >= 0.3 is 5.97 Å². The van der Waals surface area contributed by atoms with Gasteiger partial charge in [-0.3, -0.25) is 24.6 Å². The predicted octanol–water partition coefficient (Wildman–Crippen LogP) is 5.01. The molecule has 0 radical (unpaired) electrons. The number of piperazine rings is 1. The van der Waals surface area contributed by atoms with E-state index in [2.05, 4.69) is 4.90 Å². The molecule has 11 nitrogen and oxygen atoms in total.